The Morgan fingerprint density at radius 2 is 2.10 bits per heavy atom. The maximum absolute atomic E-state index is 5.41. The molecule has 0 N–H and O–H groups in total. The zero-order chi connectivity index (χ0) is 7.14. The summed E-state index contributed by atoms with van der Waals surface area (Å²) in [6.45, 7) is 0. The third-order valence-corrected chi connectivity index (χ3v) is 3.94. The third kappa shape index (κ3) is 1.23. The number of hydrogen-bond donors (Lipinski definition) is 0. The summed E-state index contributed by atoms with van der Waals surface area (Å²) in [6, 6.07) is 4.22. The predicted molar refractivity (Wildman–Crippen MR) is 61.1 cm³/mol. The van der Waals surface area contributed by atoms with Gasteiger partial charge in [0.25, 0.3) is 0 Å². The van der Waals surface area contributed by atoms with Gasteiger partial charge >= 0.3 is 0 Å². The van der Waals surface area contributed by atoms with E-state index in [1.54, 1.807) is 0 Å². The summed E-state index contributed by atoms with van der Waals surface area (Å²) in [4.78, 5) is 0. The fourth-order valence-electron chi connectivity index (χ4n) is 0.859. The number of halogens is 2. The first-order valence-electron chi connectivity index (χ1n) is 2.69. The summed E-state index contributed by atoms with van der Waals surface area (Å²) in [5.74, 6) is 0. The maximum atomic E-state index is 5.41. The highest BCUT2D eigenvalue weighted by atomic mass is 127. The van der Waals surface area contributed by atoms with E-state index < -0.39 is 0 Å². The van der Waals surface area contributed by atoms with Crippen molar-refractivity contribution in [1.29, 1.82) is 0 Å². The van der Waals surface area contributed by atoms with E-state index in [0.29, 0.717) is 0 Å². The minimum atomic E-state index is 0.824. The van der Waals surface area contributed by atoms with Gasteiger partial charge in [-0.1, -0.05) is 0 Å². The molecule has 10 heavy (non-hydrogen) atoms. The second-order valence-corrected chi connectivity index (χ2v) is 6.52. The van der Waals surface area contributed by atoms with Crippen LogP contribution in [0.4, 0.5) is 0 Å². The van der Waals surface area contributed by atoms with E-state index in [1.807, 2.05) is 0 Å². The molecule has 0 spiro atoms. The van der Waals surface area contributed by atoms with Crippen LogP contribution in [-0.4, -0.2) is 0 Å². The second kappa shape index (κ2) is 2.68. The van der Waals surface area contributed by atoms with Crippen molar-refractivity contribution in [3.8, 4) is 0 Å². The highest BCUT2D eigenvalue weighted by Gasteiger charge is 2.02. The number of hydrogen-bond acceptors (Lipinski definition) is 1. The summed E-state index contributed by atoms with van der Waals surface area (Å²) in [7, 11) is 0.824. The van der Waals surface area contributed by atoms with Gasteiger partial charge in [0.05, 0.1) is 0 Å². The number of fused-ring (bicyclic) bond motifs is 1. The zero-order valence-electron chi connectivity index (χ0n) is 4.82. The van der Waals surface area contributed by atoms with E-state index >= 15 is 0 Å². The summed E-state index contributed by atoms with van der Waals surface area (Å²) in [5.41, 5.74) is 1.06. The van der Waals surface area contributed by atoms with Crippen molar-refractivity contribution in [2.24, 2.45) is 0 Å². The van der Waals surface area contributed by atoms with Crippen molar-refractivity contribution in [3.63, 3.8) is 0 Å². The SMILES string of the molecule is Ic1cc2[pH]c(I)cc2o1. The standard InChI is InChI=1S/C6H3I2OP/c7-5-2-4-3(9-5)1-6(8)10-4/h1-2,10H. The Hall–Kier alpha value is 0.780. The lowest BCUT2D eigenvalue weighted by Crippen LogP contribution is -1.50. The minimum Gasteiger partial charge on any atom is -0.450 e. The van der Waals surface area contributed by atoms with Gasteiger partial charge in [-0.3, -0.25) is 0 Å². The summed E-state index contributed by atoms with van der Waals surface area (Å²) < 4.78 is 7.80. The lowest BCUT2D eigenvalue weighted by Gasteiger charge is -1.74. The summed E-state index contributed by atoms with van der Waals surface area (Å²) in [6.07, 6.45) is 0. The van der Waals surface area contributed by atoms with Crippen molar-refractivity contribution >= 4 is 64.1 Å². The van der Waals surface area contributed by atoms with Crippen molar-refractivity contribution in [2.45, 2.75) is 0 Å². The van der Waals surface area contributed by atoms with Gasteiger partial charge in [0, 0.05) is 14.5 Å². The summed E-state index contributed by atoms with van der Waals surface area (Å²) >= 11 is 4.54. The molecule has 52 valence electrons. The Kier molecular flexibility index (Phi) is 1.99. The van der Waals surface area contributed by atoms with Gasteiger partial charge in [-0.05, 0) is 51.2 Å². The Labute approximate surface area is 86.9 Å². The van der Waals surface area contributed by atoms with Gasteiger partial charge < -0.3 is 4.42 Å². The number of furan rings is 1. The molecule has 4 heteroatoms. The monoisotopic (exact) mass is 376 g/mol. The van der Waals surface area contributed by atoms with E-state index in [2.05, 4.69) is 57.3 Å². The van der Waals surface area contributed by atoms with Gasteiger partial charge in [0.15, 0.2) is 3.77 Å². The second-order valence-electron chi connectivity index (χ2n) is 1.95. The van der Waals surface area contributed by atoms with Crippen LogP contribution in [0.5, 0.6) is 0 Å². The van der Waals surface area contributed by atoms with Crippen LogP contribution in [-0.2, 0) is 0 Å². The van der Waals surface area contributed by atoms with Crippen LogP contribution in [0, 0.1) is 7.07 Å². The molecule has 0 amide bonds. The molecular formula is C6H3I2OP. The van der Waals surface area contributed by atoms with Crippen molar-refractivity contribution in [3.05, 3.63) is 19.2 Å². The molecule has 0 aromatic carbocycles. The molecule has 1 nitrogen and oxygen atoms in total. The molecule has 2 aromatic rings. The van der Waals surface area contributed by atoms with Gasteiger partial charge in [0.2, 0.25) is 0 Å². The normalized spacial score (nSPS) is 11.8. The summed E-state index contributed by atoms with van der Waals surface area (Å²) in [5, 5.41) is 1.36. The molecule has 1 unspecified atom stereocenters. The van der Waals surface area contributed by atoms with Crippen LogP contribution in [0.3, 0.4) is 0 Å². The van der Waals surface area contributed by atoms with Crippen molar-refractivity contribution in [2.75, 3.05) is 0 Å². The highest BCUT2D eigenvalue weighted by molar-refractivity contribution is 14.1. The molecule has 0 aliphatic heterocycles. The molecule has 0 saturated carbocycles. The molecular weight excluding hydrogens is 373 g/mol. The topological polar surface area (TPSA) is 13.1 Å². The van der Waals surface area contributed by atoms with Gasteiger partial charge in [-0.15, -0.1) is 8.19 Å². The molecule has 1 atom stereocenters. The first kappa shape index (κ1) is 7.43. The average molecular weight is 376 g/mol. The molecule has 0 aliphatic rings. The Morgan fingerprint density at radius 3 is 2.80 bits per heavy atom. The molecule has 0 fully saturated rings. The van der Waals surface area contributed by atoms with E-state index in [9.17, 15) is 0 Å². The first-order valence-corrected chi connectivity index (χ1v) is 5.85. The third-order valence-electron chi connectivity index (χ3n) is 1.24. The zero-order valence-corrected chi connectivity index (χ0v) is 10.1. The largest absolute Gasteiger partial charge is 0.450 e. The smallest absolute Gasteiger partial charge is 0.165 e. The molecule has 2 rings (SSSR count). The Morgan fingerprint density at radius 1 is 1.30 bits per heavy atom. The molecule has 0 radical (unpaired) electrons. The van der Waals surface area contributed by atoms with E-state index in [4.69, 9.17) is 4.42 Å². The molecule has 2 aromatic heterocycles. The Bertz CT molecular complexity index is 300. The lowest BCUT2D eigenvalue weighted by molar-refractivity contribution is 0.584. The van der Waals surface area contributed by atoms with Crippen LogP contribution in [0.1, 0.15) is 0 Å². The minimum absolute atomic E-state index is 0.824. The van der Waals surface area contributed by atoms with Crippen LogP contribution in [0.15, 0.2) is 16.5 Å². The van der Waals surface area contributed by atoms with Crippen molar-refractivity contribution < 1.29 is 4.42 Å². The van der Waals surface area contributed by atoms with Gasteiger partial charge in [-0.25, -0.2) is 0 Å². The van der Waals surface area contributed by atoms with Crippen LogP contribution < -0.4 is 0 Å². The molecule has 0 saturated heterocycles. The van der Waals surface area contributed by atoms with Crippen LogP contribution in [0.25, 0.3) is 10.7 Å². The Balaban J connectivity index is 2.83. The number of rotatable bonds is 0. The predicted octanol–water partition coefficient (Wildman–Crippen LogP) is 3.67. The van der Waals surface area contributed by atoms with Gasteiger partial charge in [-0.2, -0.15) is 0 Å². The van der Waals surface area contributed by atoms with Gasteiger partial charge in [0.1, 0.15) is 5.58 Å². The van der Waals surface area contributed by atoms with E-state index in [-0.39, 0.29) is 0 Å². The molecule has 2 heterocycles. The average Bonchev–Trinajstić information content (AvgIpc) is 2.21. The lowest BCUT2D eigenvalue weighted by atomic mass is 10.5. The van der Waals surface area contributed by atoms with Crippen LogP contribution >= 0.6 is 53.4 Å². The first-order chi connectivity index (χ1) is 4.75. The quantitative estimate of drug-likeness (QED) is 0.640. The molecule has 0 bridgehead atoms. The van der Waals surface area contributed by atoms with Crippen LogP contribution in [0.2, 0.25) is 0 Å². The van der Waals surface area contributed by atoms with E-state index in [1.165, 1.54) is 8.42 Å². The van der Waals surface area contributed by atoms with E-state index in [0.717, 1.165) is 17.5 Å². The van der Waals surface area contributed by atoms with Crippen molar-refractivity contribution in [1.82, 2.24) is 0 Å². The highest BCUT2D eigenvalue weighted by Crippen LogP contribution is 2.33. The fraction of sp³-hybridized carbons (Fsp3) is 0. The maximum Gasteiger partial charge on any atom is 0.165 e. The molecule has 0 aliphatic carbocycles. The fourth-order valence-corrected chi connectivity index (χ4v) is 3.77.